The van der Waals surface area contributed by atoms with Crippen molar-refractivity contribution in [3.8, 4) is 11.1 Å². The number of piperidine rings is 1. The average Bonchev–Trinajstić information content (AvgIpc) is 3.21. The molecule has 0 saturated carbocycles. The number of aromatic carboxylic acids is 1. The number of hydrogen-bond acceptors (Lipinski definition) is 5. The van der Waals surface area contributed by atoms with Gasteiger partial charge in [-0.1, -0.05) is 76.1 Å². The minimum Gasteiger partial charge on any atom is -0.478 e. The monoisotopic (exact) mass is 532 g/mol. The van der Waals surface area contributed by atoms with Gasteiger partial charge in [0, 0.05) is 19.5 Å². The highest BCUT2D eigenvalue weighted by molar-refractivity contribution is 6.08. The SMILES string of the molecule is CCCCC1=NC2(CCN(C(=O)[C@@H](N)[C@@H](C)CC)CC2)C(=O)N1Cc1ccc(-c2ccccc2C(=O)O)cc1. The van der Waals surface area contributed by atoms with E-state index in [4.69, 9.17) is 10.7 Å². The van der Waals surface area contributed by atoms with Crippen molar-refractivity contribution in [3.05, 3.63) is 59.7 Å². The van der Waals surface area contributed by atoms with E-state index in [1.807, 2.05) is 49.1 Å². The maximum atomic E-state index is 13.9. The average molecular weight is 533 g/mol. The molecule has 2 aromatic rings. The number of likely N-dealkylation sites (tertiary alicyclic amines) is 1. The first-order valence-corrected chi connectivity index (χ1v) is 14.1. The Balaban J connectivity index is 1.50. The molecule has 2 heterocycles. The lowest BCUT2D eigenvalue weighted by Gasteiger charge is -2.38. The van der Waals surface area contributed by atoms with Crippen LogP contribution in [0.5, 0.6) is 0 Å². The molecule has 4 rings (SSSR count). The number of amides is 2. The summed E-state index contributed by atoms with van der Waals surface area (Å²) in [5.41, 5.74) is 8.07. The quantitative estimate of drug-likeness (QED) is 0.459. The molecule has 0 aliphatic carbocycles. The highest BCUT2D eigenvalue weighted by atomic mass is 16.4. The summed E-state index contributed by atoms with van der Waals surface area (Å²) in [7, 11) is 0. The molecule has 1 spiro atoms. The first-order valence-electron chi connectivity index (χ1n) is 14.1. The van der Waals surface area contributed by atoms with Gasteiger partial charge >= 0.3 is 5.97 Å². The molecule has 2 amide bonds. The fourth-order valence-electron chi connectivity index (χ4n) is 5.44. The fraction of sp³-hybridized carbons (Fsp3) is 0.484. The third kappa shape index (κ3) is 5.91. The number of nitrogens with two attached hydrogens (primary N) is 1. The van der Waals surface area contributed by atoms with E-state index < -0.39 is 17.6 Å². The van der Waals surface area contributed by atoms with Crippen LogP contribution in [-0.4, -0.2) is 63.2 Å². The predicted octanol–water partition coefficient (Wildman–Crippen LogP) is 4.72. The normalized spacial score (nSPS) is 18.3. The van der Waals surface area contributed by atoms with Crippen LogP contribution in [0.3, 0.4) is 0 Å². The number of aliphatic imine (C=N–C) groups is 1. The topological polar surface area (TPSA) is 116 Å². The molecule has 2 aliphatic heterocycles. The molecule has 8 heteroatoms. The number of carbonyl (C=O) groups excluding carboxylic acids is 2. The molecule has 1 saturated heterocycles. The van der Waals surface area contributed by atoms with Crippen LogP contribution in [-0.2, 0) is 16.1 Å². The Morgan fingerprint density at radius 2 is 1.74 bits per heavy atom. The van der Waals surface area contributed by atoms with Crippen molar-refractivity contribution < 1.29 is 19.5 Å². The maximum absolute atomic E-state index is 13.9. The van der Waals surface area contributed by atoms with E-state index in [0.717, 1.165) is 42.6 Å². The molecule has 3 N–H and O–H groups in total. The number of hydrogen-bond donors (Lipinski definition) is 2. The van der Waals surface area contributed by atoms with Gasteiger partial charge in [-0.15, -0.1) is 0 Å². The predicted molar refractivity (Wildman–Crippen MR) is 152 cm³/mol. The zero-order chi connectivity index (χ0) is 28.2. The van der Waals surface area contributed by atoms with Gasteiger partial charge in [0.15, 0.2) is 0 Å². The Hall–Kier alpha value is -3.52. The number of rotatable bonds is 10. The maximum Gasteiger partial charge on any atom is 0.336 e. The molecule has 0 radical (unpaired) electrons. The van der Waals surface area contributed by atoms with Crippen molar-refractivity contribution in [2.24, 2.45) is 16.6 Å². The van der Waals surface area contributed by atoms with E-state index in [-0.39, 0.29) is 23.3 Å². The lowest BCUT2D eigenvalue weighted by atomic mass is 9.86. The Kier molecular flexibility index (Phi) is 8.85. The second-order valence-corrected chi connectivity index (χ2v) is 10.8. The minimum absolute atomic E-state index is 0.00669. The van der Waals surface area contributed by atoms with Gasteiger partial charge in [0.1, 0.15) is 11.4 Å². The van der Waals surface area contributed by atoms with Crippen LogP contribution in [0, 0.1) is 5.92 Å². The van der Waals surface area contributed by atoms with Gasteiger partial charge < -0.3 is 15.7 Å². The van der Waals surface area contributed by atoms with Gasteiger partial charge in [-0.05, 0) is 47.9 Å². The Morgan fingerprint density at radius 1 is 1.08 bits per heavy atom. The molecule has 208 valence electrons. The van der Waals surface area contributed by atoms with Gasteiger partial charge in [-0.25, -0.2) is 4.79 Å². The van der Waals surface area contributed by atoms with Crippen molar-refractivity contribution in [2.45, 2.75) is 77.4 Å². The number of benzene rings is 2. The smallest absolute Gasteiger partial charge is 0.336 e. The van der Waals surface area contributed by atoms with Gasteiger partial charge in [0.2, 0.25) is 5.91 Å². The van der Waals surface area contributed by atoms with E-state index in [1.165, 1.54) is 0 Å². The summed E-state index contributed by atoms with van der Waals surface area (Å²) in [6.07, 6.45) is 4.52. The number of nitrogens with zero attached hydrogens (tertiary/aromatic N) is 3. The minimum atomic E-state index is -0.964. The Labute approximate surface area is 230 Å². The third-order valence-electron chi connectivity index (χ3n) is 8.26. The zero-order valence-electron chi connectivity index (χ0n) is 23.2. The number of carboxylic acids is 1. The molecule has 2 aliphatic rings. The first kappa shape index (κ1) is 28.5. The van der Waals surface area contributed by atoms with Crippen molar-refractivity contribution >= 4 is 23.6 Å². The molecular weight excluding hydrogens is 492 g/mol. The lowest BCUT2D eigenvalue weighted by molar-refractivity contribution is -0.140. The largest absolute Gasteiger partial charge is 0.478 e. The van der Waals surface area contributed by atoms with Crippen LogP contribution < -0.4 is 5.73 Å². The van der Waals surface area contributed by atoms with Gasteiger partial charge in [0.25, 0.3) is 5.91 Å². The lowest BCUT2D eigenvalue weighted by Crippen LogP contribution is -2.55. The molecule has 2 aromatic carbocycles. The van der Waals surface area contributed by atoms with Gasteiger partial charge in [-0.3, -0.25) is 19.5 Å². The Bertz CT molecular complexity index is 1230. The van der Waals surface area contributed by atoms with Crippen LogP contribution in [0.25, 0.3) is 11.1 Å². The number of unbranched alkanes of at least 4 members (excludes halogenated alkanes) is 1. The summed E-state index contributed by atoms with van der Waals surface area (Å²) in [5.74, 6) is -0.0691. The Morgan fingerprint density at radius 3 is 2.36 bits per heavy atom. The van der Waals surface area contributed by atoms with Crippen molar-refractivity contribution in [3.63, 3.8) is 0 Å². The number of amidine groups is 1. The zero-order valence-corrected chi connectivity index (χ0v) is 23.2. The standard InChI is InChI=1S/C31H40N4O4/c1-4-6-11-26-33-31(16-18-34(19-17-31)28(36)27(32)21(3)5-2)30(39)35(26)20-22-12-14-23(15-13-22)24-9-7-8-10-25(24)29(37)38/h7-10,12-15,21,27H,4-6,11,16-20,32H2,1-3H3,(H,37,38)/t21-,27-/m0/s1. The highest BCUT2D eigenvalue weighted by Gasteiger charge is 2.50. The summed E-state index contributed by atoms with van der Waals surface area (Å²) in [6.45, 7) is 7.51. The molecular formula is C31H40N4O4. The number of carbonyl (C=O) groups is 3. The molecule has 0 bridgehead atoms. The summed E-state index contributed by atoms with van der Waals surface area (Å²) in [6, 6.07) is 14.1. The van der Waals surface area contributed by atoms with Crippen molar-refractivity contribution in [1.29, 1.82) is 0 Å². The van der Waals surface area contributed by atoms with Gasteiger partial charge in [0.05, 0.1) is 18.2 Å². The van der Waals surface area contributed by atoms with Crippen LogP contribution in [0.4, 0.5) is 0 Å². The molecule has 0 unspecified atom stereocenters. The second-order valence-electron chi connectivity index (χ2n) is 10.8. The van der Waals surface area contributed by atoms with E-state index in [9.17, 15) is 19.5 Å². The summed E-state index contributed by atoms with van der Waals surface area (Å²) in [5, 5.41) is 9.55. The molecule has 0 aromatic heterocycles. The first-order chi connectivity index (χ1) is 18.7. The van der Waals surface area contributed by atoms with Crippen LogP contribution in [0.1, 0.15) is 75.2 Å². The molecule has 1 fully saturated rings. The summed E-state index contributed by atoms with van der Waals surface area (Å²) in [4.78, 5) is 47.1. The third-order valence-corrected chi connectivity index (χ3v) is 8.26. The second kappa shape index (κ2) is 12.1. The summed E-state index contributed by atoms with van der Waals surface area (Å²) < 4.78 is 0. The van der Waals surface area contributed by atoms with Crippen LogP contribution in [0.15, 0.2) is 53.5 Å². The van der Waals surface area contributed by atoms with Crippen LogP contribution in [0.2, 0.25) is 0 Å². The molecule has 39 heavy (non-hydrogen) atoms. The van der Waals surface area contributed by atoms with Crippen molar-refractivity contribution in [2.75, 3.05) is 13.1 Å². The van der Waals surface area contributed by atoms with E-state index >= 15 is 0 Å². The fourth-order valence-corrected chi connectivity index (χ4v) is 5.44. The van der Waals surface area contributed by atoms with E-state index in [2.05, 4.69) is 6.92 Å². The summed E-state index contributed by atoms with van der Waals surface area (Å²) >= 11 is 0. The van der Waals surface area contributed by atoms with Gasteiger partial charge in [-0.2, -0.15) is 0 Å². The van der Waals surface area contributed by atoms with Crippen molar-refractivity contribution in [1.82, 2.24) is 9.80 Å². The van der Waals surface area contributed by atoms with Crippen LogP contribution >= 0.6 is 0 Å². The molecule has 8 nitrogen and oxygen atoms in total. The van der Waals surface area contributed by atoms with E-state index in [0.29, 0.717) is 38.0 Å². The highest BCUT2D eigenvalue weighted by Crippen LogP contribution is 2.36. The number of carboxylic acid groups (broad SMARTS) is 1. The molecule has 2 atom stereocenters. The van der Waals surface area contributed by atoms with E-state index in [1.54, 1.807) is 23.1 Å².